The van der Waals surface area contributed by atoms with E-state index in [9.17, 15) is 13.2 Å². The predicted octanol–water partition coefficient (Wildman–Crippen LogP) is 3.09. The van der Waals surface area contributed by atoms with Crippen LogP contribution in [0.25, 0.3) is 11.1 Å². The molecule has 28 heavy (non-hydrogen) atoms. The molecule has 0 spiro atoms. The Labute approximate surface area is 164 Å². The van der Waals surface area contributed by atoms with E-state index in [1.165, 1.54) is 12.5 Å². The molecule has 0 atom stereocenters. The average Bonchev–Trinajstić information content (AvgIpc) is 2.72. The Balaban J connectivity index is 1.96. The number of amides is 1. The maximum Gasteiger partial charge on any atom is 0.253 e. The average molecular weight is 396 g/mol. The summed E-state index contributed by atoms with van der Waals surface area (Å²) in [6.07, 6.45) is 4.26. The second-order valence-electron chi connectivity index (χ2n) is 6.25. The van der Waals surface area contributed by atoms with Crippen LogP contribution >= 0.6 is 0 Å². The fraction of sp³-hybridized carbons (Fsp3) is 0.143. The molecule has 144 valence electrons. The Morgan fingerprint density at radius 3 is 2.61 bits per heavy atom. The zero-order valence-corrected chi connectivity index (χ0v) is 16.4. The number of hydrogen-bond donors (Lipinski definition) is 1. The topological polar surface area (TPSA) is 85.4 Å². The molecule has 0 aliphatic carbocycles. The second kappa shape index (κ2) is 8.22. The van der Waals surface area contributed by atoms with Gasteiger partial charge in [-0.25, -0.2) is 8.42 Å². The minimum absolute atomic E-state index is 0.215. The molecular weight excluding hydrogens is 376 g/mol. The van der Waals surface area contributed by atoms with Crippen LogP contribution in [0.3, 0.4) is 0 Å². The van der Waals surface area contributed by atoms with Crippen molar-refractivity contribution in [3.63, 3.8) is 0 Å². The lowest BCUT2D eigenvalue weighted by Crippen LogP contribution is -2.23. The van der Waals surface area contributed by atoms with Crippen LogP contribution in [-0.4, -0.2) is 32.7 Å². The predicted molar refractivity (Wildman–Crippen MR) is 107 cm³/mol. The summed E-state index contributed by atoms with van der Waals surface area (Å²) in [5, 5.41) is 2.85. The van der Waals surface area contributed by atoms with Crippen LogP contribution < -0.4 is 10.1 Å². The highest BCUT2D eigenvalue weighted by Gasteiger charge is 2.14. The molecule has 0 unspecified atom stereocenters. The first-order chi connectivity index (χ1) is 13.4. The molecule has 7 heteroatoms. The highest BCUT2D eigenvalue weighted by Crippen LogP contribution is 2.29. The van der Waals surface area contributed by atoms with Crippen molar-refractivity contribution in [1.82, 2.24) is 10.3 Å². The molecule has 0 saturated carbocycles. The number of ether oxygens (including phenoxy) is 1. The van der Waals surface area contributed by atoms with Crippen LogP contribution in [0, 0.1) is 0 Å². The molecule has 3 rings (SSSR count). The van der Waals surface area contributed by atoms with Gasteiger partial charge in [-0.15, -0.1) is 0 Å². The fourth-order valence-electron chi connectivity index (χ4n) is 2.77. The molecule has 0 aliphatic rings. The first-order valence-electron chi connectivity index (χ1n) is 8.54. The van der Waals surface area contributed by atoms with Gasteiger partial charge in [0.2, 0.25) is 0 Å². The first-order valence-corrected chi connectivity index (χ1v) is 10.4. The van der Waals surface area contributed by atoms with Gasteiger partial charge in [0.25, 0.3) is 5.91 Å². The highest BCUT2D eigenvalue weighted by molar-refractivity contribution is 7.90. The van der Waals surface area contributed by atoms with E-state index in [0.29, 0.717) is 16.9 Å². The highest BCUT2D eigenvalue weighted by atomic mass is 32.2. The number of benzene rings is 2. The lowest BCUT2D eigenvalue weighted by atomic mass is 9.99. The lowest BCUT2D eigenvalue weighted by molar-refractivity contribution is 0.0950. The van der Waals surface area contributed by atoms with Gasteiger partial charge in [-0.2, -0.15) is 0 Å². The van der Waals surface area contributed by atoms with Gasteiger partial charge in [0, 0.05) is 25.2 Å². The summed E-state index contributed by atoms with van der Waals surface area (Å²) in [6, 6.07) is 15.6. The van der Waals surface area contributed by atoms with Crippen molar-refractivity contribution in [2.75, 3.05) is 13.4 Å². The third-order valence-corrected chi connectivity index (χ3v) is 5.36. The quantitative estimate of drug-likeness (QED) is 0.692. The summed E-state index contributed by atoms with van der Waals surface area (Å²) in [4.78, 5) is 16.5. The Bertz CT molecular complexity index is 1100. The molecule has 3 aromatic rings. The molecule has 6 nitrogen and oxygen atoms in total. The van der Waals surface area contributed by atoms with Crippen LogP contribution in [0.5, 0.6) is 5.75 Å². The van der Waals surface area contributed by atoms with Crippen LogP contribution in [-0.2, 0) is 16.4 Å². The molecule has 0 saturated heterocycles. The van der Waals surface area contributed by atoms with Crippen molar-refractivity contribution in [2.45, 2.75) is 11.4 Å². The second-order valence-corrected chi connectivity index (χ2v) is 8.26. The molecule has 1 aromatic heterocycles. The number of rotatable bonds is 6. The molecule has 0 bridgehead atoms. The summed E-state index contributed by atoms with van der Waals surface area (Å²) in [6.45, 7) is 0.240. The van der Waals surface area contributed by atoms with Gasteiger partial charge in [-0.05, 0) is 53.1 Å². The number of methoxy groups -OCH3 is 1. The van der Waals surface area contributed by atoms with Crippen LogP contribution in [0.2, 0.25) is 0 Å². The smallest absolute Gasteiger partial charge is 0.253 e. The third-order valence-electron chi connectivity index (χ3n) is 4.25. The number of carbonyl (C=O) groups excluding carboxylic acids is 1. The van der Waals surface area contributed by atoms with Gasteiger partial charge in [-0.1, -0.05) is 18.2 Å². The standard InChI is InChI=1S/C21H20N2O4S/c1-27-18-7-3-5-15(11-18)20-12-19(28(2,25)26)9-8-16(20)14-23-21(24)17-6-4-10-22-13-17/h3-13H,14H2,1-2H3,(H,23,24). The van der Waals surface area contributed by atoms with E-state index in [4.69, 9.17) is 4.74 Å². The van der Waals surface area contributed by atoms with E-state index in [1.807, 2.05) is 24.3 Å². The number of sulfone groups is 1. The van der Waals surface area contributed by atoms with Crippen LogP contribution in [0.15, 0.2) is 71.9 Å². The Kier molecular flexibility index (Phi) is 5.75. The zero-order valence-electron chi connectivity index (χ0n) is 15.5. The van der Waals surface area contributed by atoms with Gasteiger partial charge in [0.1, 0.15) is 5.75 Å². The summed E-state index contributed by atoms with van der Waals surface area (Å²) < 4.78 is 29.3. The Morgan fingerprint density at radius 2 is 1.93 bits per heavy atom. The summed E-state index contributed by atoms with van der Waals surface area (Å²) >= 11 is 0. The zero-order chi connectivity index (χ0) is 20.1. The van der Waals surface area contributed by atoms with Gasteiger partial charge in [-0.3, -0.25) is 9.78 Å². The molecule has 1 amide bonds. The van der Waals surface area contributed by atoms with Gasteiger partial charge in [0.05, 0.1) is 17.6 Å². The lowest BCUT2D eigenvalue weighted by Gasteiger charge is -2.14. The van der Waals surface area contributed by atoms with Crippen molar-refractivity contribution >= 4 is 15.7 Å². The number of nitrogens with zero attached hydrogens (tertiary/aromatic N) is 1. The maximum atomic E-state index is 12.3. The molecule has 1 N–H and O–H groups in total. The molecule has 0 radical (unpaired) electrons. The van der Waals surface area contributed by atoms with Crippen molar-refractivity contribution in [1.29, 1.82) is 0 Å². The van der Waals surface area contributed by atoms with Gasteiger partial charge < -0.3 is 10.1 Å². The number of aromatic nitrogens is 1. The van der Waals surface area contributed by atoms with Crippen molar-refractivity contribution in [3.8, 4) is 16.9 Å². The van der Waals surface area contributed by atoms with Crippen molar-refractivity contribution < 1.29 is 17.9 Å². The maximum absolute atomic E-state index is 12.3. The number of hydrogen-bond acceptors (Lipinski definition) is 5. The van der Waals surface area contributed by atoms with E-state index < -0.39 is 9.84 Å². The third kappa shape index (κ3) is 4.55. The minimum atomic E-state index is -3.37. The SMILES string of the molecule is COc1cccc(-c2cc(S(C)(=O)=O)ccc2CNC(=O)c2cccnc2)c1. The number of nitrogens with one attached hydrogen (secondary N) is 1. The van der Waals surface area contributed by atoms with E-state index >= 15 is 0 Å². The minimum Gasteiger partial charge on any atom is -0.497 e. The number of pyridine rings is 1. The summed E-state index contributed by atoms with van der Waals surface area (Å²) in [7, 11) is -1.80. The van der Waals surface area contributed by atoms with Gasteiger partial charge >= 0.3 is 0 Å². The first kappa shape index (κ1) is 19.6. The molecule has 0 fully saturated rings. The fourth-order valence-corrected chi connectivity index (χ4v) is 3.42. The van der Waals surface area contributed by atoms with E-state index in [2.05, 4.69) is 10.3 Å². The Hall–Kier alpha value is -3.19. The normalized spacial score (nSPS) is 11.1. The molecule has 1 heterocycles. The van der Waals surface area contributed by atoms with E-state index in [0.717, 1.165) is 11.1 Å². The number of carbonyl (C=O) groups is 1. The largest absolute Gasteiger partial charge is 0.497 e. The summed E-state index contributed by atoms with van der Waals surface area (Å²) in [5.74, 6) is 0.407. The van der Waals surface area contributed by atoms with Crippen LogP contribution in [0.1, 0.15) is 15.9 Å². The molecule has 2 aromatic carbocycles. The molecular formula is C21H20N2O4S. The van der Waals surface area contributed by atoms with Crippen LogP contribution in [0.4, 0.5) is 0 Å². The molecule has 0 aliphatic heterocycles. The monoisotopic (exact) mass is 396 g/mol. The van der Waals surface area contributed by atoms with Gasteiger partial charge in [0.15, 0.2) is 9.84 Å². The summed E-state index contributed by atoms with van der Waals surface area (Å²) in [5.41, 5.74) is 2.76. The van der Waals surface area contributed by atoms with Crippen molar-refractivity contribution in [3.05, 3.63) is 78.1 Å². The van der Waals surface area contributed by atoms with Crippen molar-refractivity contribution in [2.24, 2.45) is 0 Å². The van der Waals surface area contributed by atoms with E-state index in [-0.39, 0.29) is 17.3 Å². The Morgan fingerprint density at radius 1 is 1.11 bits per heavy atom. The van der Waals surface area contributed by atoms with E-state index in [1.54, 1.807) is 43.6 Å².